The van der Waals surface area contributed by atoms with Gasteiger partial charge in [-0.1, -0.05) is 6.07 Å². The number of likely N-dealkylation sites (tertiary alicyclic amines) is 1. The number of piperidine rings is 1. The molecule has 138 valence electrons. The molecule has 2 amide bonds. The average Bonchev–Trinajstić information content (AvgIpc) is 2.62. The molecule has 0 saturated carbocycles. The standard InChI is InChI=1S/C19H29N3O3/c1-21(2)18(24)19(10-6-9-16-8-4-5-12-20-16)11-7-13-22(15-19)17(23)14-25-3/h4-5,8,12H,6-7,9-11,13-15H2,1-3H3/t19-/m1/s1. The minimum atomic E-state index is -0.500. The number of carbonyl (C=O) groups is 2. The van der Waals surface area contributed by atoms with E-state index in [9.17, 15) is 9.59 Å². The van der Waals surface area contributed by atoms with Crippen LogP contribution in [0.25, 0.3) is 0 Å². The molecule has 0 aromatic carbocycles. The number of aryl methyl sites for hydroxylation is 1. The third-order valence-corrected chi connectivity index (χ3v) is 4.87. The summed E-state index contributed by atoms with van der Waals surface area (Å²) in [5.74, 6) is 0.0753. The Morgan fingerprint density at radius 1 is 1.36 bits per heavy atom. The lowest BCUT2D eigenvalue weighted by Crippen LogP contribution is -2.53. The maximum Gasteiger partial charge on any atom is 0.248 e. The molecule has 0 bridgehead atoms. The zero-order valence-corrected chi connectivity index (χ0v) is 15.5. The zero-order valence-electron chi connectivity index (χ0n) is 15.5. The predicted molar refractivity (Wildman–Crippen MR) is 96.0 cm³/mol. The fraction of sp³-hybridized carbons (Fsp3) is 0.632. The number of aromatic nitrogens is 1. The van der Waals surface area contributed by atoms with Gasteiger partial charge in [-0.05, 0) is 44.2 Å². The molecule has 0 N–H and O–H groups in total. The van der Waals surface area contributed by atoms with Gasteiger partial charge in [-0.2, -0.15) is 0 Å². The molecule has 6 nitrogen and oxygen atoms in total. The van der Waals surface area contributed by atoms with Crippen molar-refractivity contribution in [3.63, 3.8) is 0 Å². The molecule has 2 heterocycles. The summed E-state index contributed by atoms with van der Waals surface area (Å²) in [6.07, 6.45) is 5.94. The highest BCUT2D eigenvalue weighted by molar-refractivity contribution is 5.84. The highest BCUT2D eigenvalue weighted by Crippen LogP contribution is 2.36. The maximum absolute atomic E-state index is 12.9. The Kier molecular flexibility index (Phi) is 6.93. The van der Waals surface area contributed by atoms with E-state index in [0.29, 0.717) is 13.1 Å². The molecule has 0 unspecified atom stereocenters. The van der Waals surface area contributed by atoms with Crippen LogP contribution in [0.15, 0.2) is 24.4 Å². The number of methoxy groups -OCH3 is 1. The highest BCUT2D eigenvalue weighted by atomic mass is 16.5. The predicted octanol–water partition coefficient (Wildman–Crippen LogP) is 1.75. The molecule has 1 aromatic heterocycles. The molecule has 6 heteroatoms. The van der Waals surface area contributed by atoms with Crippen LogP contribution < -0.4 is 0 Å². The summed E-state index contributed by atoms with van der Waals surface area (Å²) >= 11 is 0. The van der Waals surface area contributed by atoms with Gasteiger partial charge in [-0.3, -0.25) is 14.6 Å². The normalized spacial score (nSPS) is 20.4. The van der Waals surface area contributed by atoms with Gasteiger partial charge in [0.25, 0.3) is 0 Å². The lowest BCUT2D eigenvalue weighted by Gasteiger charge is -2.43. The number of nitrogens with zero attached hydrogens (tertiary/aromatic N) is 3. The molecular formula is C19H29N3O3. The van der Waals surface area contributed by atoms with Gasteiger partial charge >= 0.3 is 0 Å². The summed E-state index contributed by atoms with van der Waals surface area (Å²) in [5.41, 5.74) is 0.540. The van der Waals surface area contributed by atoms with Crippen molar-refractivity contribution in [2.24, 2.45) is 5.41 Å². The molecule has 1 aromatic rings. The lowest BCUT2D eigenvalue weighted by atomic mass is 9.74. The Morgan fingerprint density at radius 3 is 2.80 bits per heavy atom. The first-order valence-corrected chi connectivity index (χ1v) is 8.87. The first kappa shape index (κ1) is 19.4. The Balaban J connectivity index is 2.08. The Labute approximate surface area is 150 Å². The SMILES string of the molecule is COCC(=O)N1CCC[C@@](CCCc2ccccn2)(C(=O)N(C)C)C1. The van der Waals surface area contributed by atoms with Gasteiger partial charge in [-0.15, -0.1) is 0 Å². The fourth-order valence-electron chi connectivity index (χ4n) is 3.67. The molecular weight excluding hydrogens is 318 g/mol. The Hall–Kier alpha value is -1.95. The van der Waals surface area contributed by atoms with E-state index in [1.165, 1.54) is 7.11 Å². The summed E-state index contributed by atoms with van der Waals surface area (Å²) < 4.78 is 4.98. The topological polar surface area (TPSA) is 62.7 Å². The number of pyridine rings is 1. The summed E-state index contributed by atoms with van der Waals surface area (Å²) in [6.45, 7) is 1.25. The van der Waals surface area contributed by atoms with E-state index >= 15 is 0 Å². The number of ether oxygens (including phenoxy) is 1. The fourth-order valence-corrected chi connectivity index (χ4v) is 3.67. The second kappa shape index (κ2) is 8.94. The van der Waals surface area contributed by atoms with Crippen molar-refractivity contribution < 1.29 is 14.3 Å². The van der Waals surface area contributed by atoms with Crippen molar-refractivity contribution in [1.82, 2.24) is 14.8 Å². The van der Waals surface area contributed by atoms with Gasteiger partial charge in [0.2, 0.25) is 11.8 Å². The minimum absolute atomic E-state index is 0.0390. The van der Waals surface area contributed by atoms with Crippen molar-refractivity contribution in [3.05, 3.63) is 30.1 Å². The van der Waals surface area contributed by atoms with Crippen LogP contribution in [0.5, 0.6) is 0 Å². The molecule has 0 aliphatic carbocycles. The van der Waals surface area contributed by atoms with E-state index in [1.807, 2.05) is 18.2 Å². The van der Waals surface area contributed by atoms with Gasteiger partial charge in [0.05, 0.1) is 5.41 Å². The molecule has 1 aliphatic heterocycles. The van der Waals surface area contributed by atoms with E-state index in [-0.39, 0.29) is 18.4 Å². The first-order chi connectivity index (χ1) is 12.0. The summed E-state index contributed by atoms with van der Waals surface area (Å²) in [7, 11) is 5.10. The van der Waals surface area contributed by atoms with E-state index in [1.54, 1.807) is 30.1 Å². The molecule has 1 fully saturated rings. The second-order valence-corrected chi connectivity index (χ2v) is 7.01. The summed E-state index contributed by atoms with van der Waals surface area (Å²) in [4.78, 5) is 33.0. The average molecular weight is 347 g/mol. The minimum Gasteiger partial charge on any atom is -0.375 e. The van der Waals surface area contributed by atoms with Gasteiger partial charge in [0, 0.05) is 46.2 Å². The molecule has 0 spiro atoms. The number of hydrogen-bond donors (Lipinski definition) is 0. The molecule has 1 saturated heterocycles. The van der Waals surface area contributed by atoms with Crippen molar-refractivity contribution in [3.8, 4) is 0 Å². The highest BCUT2D eigenvalue weighted by Gasteiger charge is 2.43. The van der Waals surface area contributed by atoms with Crippen molar-refractivity contribution >= 4 is 11.8 Å². The maximum atomic E-state index is 12.9. The van der Waals surface area contributed by atoms with Gasteiger partial charge < -0.3 is 14.5 Å². The number of amides is 2. The molecule has 1 atom stereocenters. The Morgan fingerprint density at radius 2 is 2.16 bits per heavy atom. The van der Waals surface area contributed by atoms with Crippen LogP contribution in [-0.4, -0.2) is 67.5 Å². The van der Waals surface area contributed by atoms with E-state index in [0.717, 1.165) is 37.8 Å². The van der Waals surface area contributed by atoms with Crippen molar-refractivity contribution in [2.45, 2.75) is 32.1 Å². The van der Waals surface area contributed by atoms with Crippen molar-refractivity contribution in [2.75, 3.05) is 40.9 Å². The lowest BCUT2D eigenvalue weighted by molar-refractivity contribution is -0.149. The van der Waals surface area contributed by atoms with Gasteiger partial charge in [-0.25, -0.2) is 0 Å². The number of rotatable bonds is 7. The van der Waals surface area contributed by atoms with Crippen LogP contribution in [0.3, 0.4) is 0 Å². The quantitative estimate of drug-likeness (QED) is 0.754. The first-order valence-electron chi connectivity index (χ1n) is 8.87. The third kappa shape index (κ3) is 5.01. The van der Waals surface area contributed by atoms with Gasteiger partial charge in [0.15, 0.2) is 0 Å². The van der Waals surface area contributed by atoms with E-state index < -0.39 is 5.41 Å². The van der Waals surface area contributed by atoms with Crippen LogP contribution >= 0.6 is 0 Å². The van der Waals surface area contributed by atoms with Crippen LogP contribution in [0.2, 0.25) is 0 Å². The van der Waals surface area contributed by atoms with Gasteiger partial charge in [0.1, 0.15) is 6.61 Å². The van der Waals surface area contributed by atoms with Crippen LogP contribution in [0, 0.1) is 5.41 Å². The summed E-state index contributed by atoms with van der Waals surface area (Å²) in [6, 6.07) is 5.89. The second-order valence-electron chi connectivity index (χ2n) is 7.01. The number of hydrogen-bond acceptors (Lipinski definition) is 4. The zero-order chi connectivity index (χ0) is 18.3. The van der Waals surface area contributed by atoms with Crippen LogP contribution in [0.1, 0.15) is 31.4 Å². The smallest absolute Gasteiger partial charge is 0.248 e. The summed E-state index contributed by atoms with van der Waals surface area (Å²) in [5, 5.41) is 0. The van der Waals surface area contributed by atoms with Crippen molar-refractivity contribution in [1.29, 1.82) is 0 Å². The van der Waals surface area contributed by atoms with Crippen LogP contribution in [-0.2, 0) is 20.7 Å². The third-order valence-electron chi connectivity index (χ3n) is 4.87. The molecule has 1 aliphatic rings. The molecule has 2 rings (SSSR count). The number of carbonyl (C=O) groups excluding carboxylic acids is 2. The monoisotopic (exact) mass is 347 g/mol. The Bertz CT molecular complexity index is 577. The van der Waals surface area contributed by atoms with E-state index in [4.69, 9.17) is 4.74 Å². The van der Waals surface area contributed by atoms with Crippen LogP contribution in [0.4, 0.5) is 0 Å². The largest absolute Gasteiger partial charge is 0.375 e. The van der Waals surface area contributed by atoms with E-state index in [2.05, 4.69) is 4.98 Å². The molecule has 25 heavy (non-hydrogen) atoms. The molecule has 0 radical (unpaired) electrons.